The van der Waals surface area contributed by atoms with Crippen LogP contribution in [0.3, 0.4) is 0 Å². The molecule has 0 spiro atoms. The molecule has 0 aromatic heterocycles. The van der Waals surface area contributed by atoms with E-state index in [1.807, 2.05) is 6.92 Å². The van der Waals surface area contributed by atoms with Gasteiger partial charge in [0.1, 0.15) is 5.75 Å². The molecule has 0 unspecified atom stereocenters. The molecule has 2 aliphatic rings. The van der Waals surface area contributed by atoms with Crippen molar-refractivity contribution in [3.05, 3.63) is 24.3 Å². The smallest absolute Gasteiger partial charge is 0.309 e. The van der Waals surface area contributed by atoms with Gasteiger partial charge in [0.15, 0.2) is 6.61 Å². The first-order chi connectivity index (χ1) is 12.8. The zero-order valence-corrected chi connectivity index (χ0v) is 16.3. The molecule has 1 saturated carbocycles. The lowest BCUT2D eigenvalue weighted by Gasteiger charge is -2.33. The van der Waals surface area contributed by atoms with Gasteiger partial charge in [-0.25, -0.2) is 8.42 Å². The van der Waals surface area contributed by atoms with Crippen molar-refractivity contribution in [2.75, 3.05) is 39.9 Å². The first-order valence-corrected chi connectivity index (χ1v) is 10.4. The summed E-state index contributed by atoms with van der Waals surface area (Å²) in [5.41, 5.74) is 0. The van der Waals surface area contributed by atoms with Crippen LogP contribution in [-0.4, -0.2) is 69.4 Å². The van der Waals surface area contributed by atoms with Gasteiger partial charge in [-0.3, -0.25) is 9.59 Å². The van der Waals surface area contributed by atoms with E-state index in [2.05, 4.69) is 0 Å². The first-order valence-electron chi connectivity index (χ1n) is 8.91. The van der Waals surface area contributed by atoms with Crippen LogP contribution in [0.25, 0.3) is 0 Å². The molecule has 2 fully saturated rings. The molecule has 1 amide bonds. The summed E-state index contributed by atoms with van der Waals surface area (Å²) in [6, 6.07) is 6.21. The monoisotopic (exact) mass is 396 g/mol. The van der Waals surface area contributed by atoms with Crippen molar-refractivity contribution in [2.45, 2.75) is 18.2 Å². The van der Waals surface area contributed by atoms with Crippen LogP contribution in [0.4, 0.5) is 0 Å². The highest BCUT2D eigenvalue weighted by Crippen LogP contribution is 2.38. The standard InChI is InChI=1S/C18H24N2O6S/c1-13-11-16(13)18(22)26-12-17(21)19-7-9-20(10-8-19)27(23,24)15-5-3-14(25-2)4-6-15/h3-6,13,16H,7-12H2,1-2H3/t13-,16+/m1/s1. The van der Waals surface area contributed by atoms with Crippen molar-refractivity contribution in [2.24, 2.45) is 11.8 Å². The highest BCUT2D eigenvalue weighted by molar-refractivity contribution is 7.89. The van der Waals surface area contributed by atoms with E-state index in [0.29, 0.717) is 11.7 Å². The van der Waals surface area contributed by atoms with Crippen LogP contribution in [0.15, 0.2) is 29.2 Å². The Hall–Kier alpha value is -2.13. The molecule has 0 bridgehead atoms. The molecule has 8 nitrogen and oxygen atoms in total. The fourth-order valence-corrected chi connectivity index (χ4v) is 4.48. The number of sulfonamides is 1. The van der Waals surface area contributed by atoms with Gasteiger partial charge in [0.05, 0.1) is 17.9 Å². The highest BCUT2D eigenvalue weighted by atomic mass is 32.2. The Balaban J connectivity index is 1.51. The van der Waals surface area contributed by atoms with Crippen LogP contribution in [-0.2, 0) is 24.3 Å². The van der Waals surface area contributed by atoms with Crippen LogP contribution in [0.1, 0.15) is 13.3 Å². The first kappa shape index (κ1) is 19.6. The van der Waals surface area contributed by atoms with E-state index in [9.17, 15) is 18.0 Å². The van der Waals surface area contributed by atoms with Gasteiger partial charge < -0.3 is 14.4 Å². The van der Waals surface area contributed by atoms with Crippen molar-refractivity contribution in [1.29, 1.82) is 0 Å². The fraction of sp³-hybridized carbons (Fsp3) is 0.556. The number of esters is 1. The molecular formula is C18H24N2O6S. The van der Waals surface area contributed by atoms with Gasteiger partial charge in [-0.05, 0) is 36.6 Å². The van der Waals surface area contributed by atoms with Crippen molar-refractivity contribution < 1.29 is 27.5 Å². The minimum absolute atomic E-state index is 0.0794. The summed E-state index contributed by atoms with van der Waals surface area (Å²) >= 11 is 0. The van der Waals surface area contributed by atoms with Gasteiger partial charge in [0.25, 0.3) is 5.91 Å². The van der Waals surface area contributed by atoms with Crippen LogP contribution >= 0.6 is 0 Å². The molecule has 1 aliphatic heterocycles. The Morgan fingerprint density at radius 2 is 1.70 bits per heavy atom. The average Bonchev–Trinajstić information content (AvgIpc) is 3.42. The molecular weight excluding hydrogens is 372 g/mol. The summed E-state index contributed by atoms with van der Waals surface area (Å²) in [5.74, 6) is 0.220. The second-order valence-corrected chi connectivity index (χ2v) is 8.83. The summed E-state index contributed by atoms with van der Waals surface area (Å²) in [7, 11) is -2.10. The summed E-state index contributed by atoms with van der Waals surface area (Å²) < 4.78 is 36.9. The quantitative estimate of drug-likeness (QED) is 0.658. The number of hydrogen-bond donors (Lipinski definition) is 0. The second-order valence-electron chi connectivity index (χ2n) is 6.89. The van der Waals surface area contributed by atoms with Crippen LogP contribution in [0, 0.1) is 11.8 Å². The summed E-state index contributed by atoms with van der Waals surface area (Å²) in [6.07, 6.45) is 0.814. The SMILES string of the molecule is COc1ccc(S(=O)(=O)N2CCN(C(=O)COC(=O)[C@H]3C[C@H]3C)CC2)cc1. The normalized spacial score (nSPS) is 23.0. The third-order valence-corrected chi connectivity index (χ3v) is 6.95. The van der Waals surface area contributed by atoms with E-state index in [4.69, 9.17) is 9.47 Å². The summed E-state index contributed by atoms with van der Waals surface area (Å²) in [5, 5.41) is 0. The van der Waals surface area contributed by atoms with Crippen molar-refractivity contribution in [1.82, 2.24) is 9.21 Å². The van der Waals surface area contributed by atoms with Gasteiger partial charge in [-0.1, -0.05) is 6.92 Å². The summed E-state index contributed by atoms with van der Waals surface area (Å²) in [6.45, 7) is 2.63. The maximum absolute atomic E-state index is 12.7. The molecule has 9 heteroatoms. The Labute approximate surface area is 159 Å². The molecule has 1 heterocycles. The minimum atomic E-state index is -3.62. The number of nitrogens with zero attached hydrogens (tertiary/aromatic N) is 2. The van der Waals surface area contributed by atoms with E-state index in [1.54, 1.807) is 12.1 Å². The molecule has 2 atom stereocenters. The largest absolute Gasteiger partial charge is 0.497 e. The van der Waals surface area contributed by atoms with Gasteiger partial charge >= 0.3 is 5.97 Å². The third kappa shape index (κ3) is 4.41. The number of amides is 1. The predicted molar refractivity (Wildman–Crippen MR) is 96.6 cm³/mol. The zero-order chi connectivity index (χ0) is 19.6. The molecule has 1 saturated heterocycles. The number of piperazine rings is 1. The number of methoxy groups -OCH3 is 1. The number of rotatable bonds is 6. The van der Waals surface area contributed by atoms with Crippen LogP contribution < -0.4 is 4.74 Å². The van der Waals surface area contributed by atoms with Crippen molar-refractivity contribution in [3.8, 4) is 5.75 Å². The van der Waals surface area contributed by atoms with Gasteiger partial charge in [0.2, 0.25) is 10.0 Å². The number of hydrogen-bond acceptors (Lipinski definition) is 6. The van der Waals surface area contributed by atoms with E-state index in [1.165, 1.54) is 28.4 Å². The molecule has 27 heavy (non-hydrogen) atoms. The Bertz CT molecular complexity index is 800. The van der Waals surface area contributed by atoms with Gasteiger partial charge in [0, 0.05) is 26.2 Å². The maximum atomic E-state index is 12.7. The number of ether oxygens (including phenoxy) is 2. The predicted octanol–water partition coefficient (Wildman–Crippen LogP) is 0.727. The fourth-order valence-electron chi connectivity index (χ4n) is 3.06. The maximum Gasteiger partial charge on any atom is 0.309 e. The lowest BCUT2D eigenvalue weighted by molar-refractivity contribution is -0.153. The lowest BCUT2D eigenvalue weighted by Crippen LogP contribution is -2.51. The summed E-state index contributed by atoms with van der Waals surface area (Å²) in [4.78, 5) is 25.6. The van der Waals surface area contributed by atoms with E-state index >= 15 is 0 Å². The number of carbonyl (C=O) groups is 2. The number of carbonyl (C=O) groups excluding carboxylic acids is 2. The number of benzene rings is 1. The van der Waals surface area contributed by atoms with Crippen LogP contribution in [0.5, 0.6) is 5.75 Å². The molecule has 1 aromatic rings. The minimum Gasteiger partial charge on any atom is -0.497 e. The molecule has 148 valence electrons. The third-order valence-electron chi connectivity index (χ3n) is 5.04. The zero-order valence-electron chi connectivity index (χ0n) is 15.5. The lowest BCUT2D eigenvalue weighted by atomic mass is 10.3. The Kier molecular flexibility index (Phi) is 5.71. The van der Waals surface area contributed by atoms with E-state index in [0.717, 1.165) is 6.42 Å². The second kappa shape index (κ2) is 7.85. The van der Waals surface area contributed by atoms with Gasteiger partial charge in [-0.2, -0.15) is 4.31 Å². The van der Waals surface area contributed by atoms with Crippen LogP contribution in [0.2, 0.25) is 0 Å². The van der Waals surface area contributed by atoms with E-state index < -0.39 is 10.0 Å². The molecule has 0 radical (unpaired) electrons. The van der Waals surface area contributed by atoms with Crippen molar-refractivity contribution >= 4 is 21.9 Å². The average molecular weight is 396 g/mol. The van der Waals surface area contributed by atoms with Crippen molar-refractivity contribution in [3.63, 3.8) is 0 Å². The van der Waals surface area contributed by atoms with E-state index in [-0.39, 0.29) is 55.5 Å². The molecule has 1 aromatic carbocycles. The molecule has 0 N–H and O–H groups in total. The Morgan fingerprint density at radius 3 is 2.22 bits per heavy atom. The topological polar surface area (TPSA) is 93.2 Å². The molecule has 3 rings (SSSR count). The van der Waals surface area contributed by atoms with Gasteiger partial charge in [-0.15, -0.1) is 0 Å². The Morgan fingerprint density at radius 1 is 1.11 bits per heavy atom. The molecule has 1 aliphatic carbocycles. The highest BCUT2D eigenvalue weighted by Gasteiger charge is 2.41.